The van der Waals surface area contributed by atoms with Gasteiger partial charge in [-0.25, -0.2) is 9.78 Å². The number of hydrogen-bond donors (Lipinski definition) is 1. The molecule has 0 unspecified atom stereocenters. The van der Waals surface area contributed by atoms with Crippen LogP contribution in [0.5, 0.6) is 11.5 Å². The first-order chi connectivity index (χ1) is 14.0. The van der Waals surface area contributed by atoms with Gasteiger partial charge in [-0.3, -0.25) is 4.79 Å². The molecular weight excluding hydrogens is 374 g/mol. The van der Waals surface area contributed by atoms with Crippen molar-refractivity contribution in [2.45, 2.75) is 6.54 Å². The van der Waals surface area contributed by atoms with E-state index in [1.807, 2.05) is 22.9 Å². The maximum Gasteiger partial charge on any atom is 0.340 e. The number of nitrogens with zero attached hydrogens (tertiary/aromatic N) is 2. The van der Waals surface area contributed by atoms with E-state index in [4.69, 9.17) is 14.2 Å². The quantitative estimate of drug-likeness (QED) is 0.619. The van der Waals surface area contributed by atoms with Crippen molar-refractivity contribution in [2.75, 3.05) is 26.6 Å². The summed E-state index contributed by atoms with van der Waals surface area (Å²) in [5.41, 5.74) is 1.91. The highest BCUT2D eigenvalue weighted by Gasteiger charge is 2.19. The average Bonchev–Trinajstić information content (AvgIpc) is 3.26. The van der Waals surface area contributed by atoms with E-state index in [1.54, 1.807) is 24.7 Å². The molecule has 0 atom stereocenters. The summed E-state index contributed by atoms with van der Waals surface area (Å²) in [6.07, 6.45) is 5.31. The van der Waals surface area contributed by atoms with Gasteiger partial charge in [-0.15, -0.1) is 0 Å². The van der Waals surface area contributed by atoms with Crippen molar-refractivity contribution in [1.82, 2.24) is 9.55 Å². The van der Waals surface area contributed by atoms with Gasteiger partial charge in [-0.05, 0) is 17.7 Å². The SMILES string of the molecule is COC(=O)c1cc(OC)c(OC)cc1NC(=O)c1ccc(Cn2ccnc2)cc1. The average molecular weight is 395 g/mol. The van der Waals surface area contributed by atoms with Crippen LogP contribution in [0, 0.1) is 0 Å². The predicted molar refractivity (Wildman–Crippen MR) is 107 cm³/mol. The van der Waals surface area contributed by atoms with Crippen LogP contribution in [0.25, 0.3) is 0 Å². The molecule has 150 valence electrons. The molecule has 2 aromatic carbocycles. The number of nitrogens with one attached hydrogen (secondary N) is 1. The second kappa shape index (κ2) is 8.92. The maximum absolute atomic E-state index is 12.7. The third-order valence-electron chi connectivity index (χ3n) is 4.32. The summed E-state index contributed by atoms with van der Waals surface area (Å²) in [4.78, 5) is 28.9. The van der Waals surface area contributed by atoms with Gasteiger partial charge >= 0.3 is 5.97 Å². The lowest BCUT2D eigenvalue weighted by Crippen LogP contribution is -2.16. The molecule has 0 aliphatic carbocycles. The van der Waals surface area contributed by atoms with Crippen molar-refractivity contribution in [2.24, 2.45) is 0 Å². The van der Waals surface area contributed by atoms with Crippen molar-refractivity contribution in [1.29, 1.82) is 0 Å². The number of ether oxygens (including phenoxy) is 3. The Morgan fingerprint density at radius 3 is 2.31 bits per heavy atom. The van der Waals surface area contributed by atoms with Gasteiger partial charge in [0.25, 0.3) is 5.91 Å². The second-order valence-electron chi connectivity index (χ2n) is 6.13. The van der Waals surface area contributed by atoms with Gasteiger partial charge in [0.2, 0.25) is 0 Å². The monoisotopic (exact) mass is 395 g/mol. The molecule has 0 aliphatic heterocycles. The molecular formula is C21H21N3O5. The highest BCUT2D eigenvalue weighted by Crippen LogP contribution is 2.34. The lowest BCUT2D eigenvalue weighted by atomic mass is 10.1. The Labute approximate surface area is 168 Å². The van der Waals surface area contributed by atoms with Crippen LogP contribution in [-0.2, 0) is 11.3 Å². The lowest BCUT2D eigenvalue weighted by molar-refractivity contribution is 0.0601. The highest BCUT2D eigenvalue weighted by atomic mass is 16.5. The number of hydrogen-bond acceptors (Lipinski definition) is 6. The molecule has 0 aliphatic rings. The number of carbonyl (C=O) groups is 2. The van der Waals surface area contributed by atoms with E-state index in [0.717, 1.165) is 5.56 Å². The van der Waals surface area contributed by atoms with Gasteiger partial charge in [0.1, 0.15) is 0 Å². The molecule has 8 heteroatoms. The Bertz CT molecular complexity index is 998. The van der Waals surface area contributed by atoms with Crippen LogP contribution in [0.2, 0.25) is 0 Å². The molecule has 1 N–H and O–H groups in total. The Morgan fingerprint density at radius 2 is 1.72 bits per heavy atom. The van der Waals surface area contributed by atoms with Crippen molar-refractivity contribution in [3.05, 3.63) is 71.8 Å². The standard InChI is InChI=1S/C21H21N3O5/c1-27-18-10-16(21(26)29-3)17(11-19(18)28-2)23-20(25)15-6-4-14(5-7-15)12-24-9-8-22-13-24/h4-11,13H,12H2,1-3H3,(H,23,25). The minimum absolute atomic E-state index is 0.162. The van der Waals surface area contributed by atoms with Crippen LogP contribution in [0.3, 0.4) is 0 Å². The second-order valence-corrected chi connectivity index (χ2v) is 6.13. The van der Waals surface area contributed by atoms with E-state index in [-0.39, 0.29) is 17.2 Å². The molecule has 0 radical (unpaired) electrons. The molecule has 8 nitrogen and oxygen atoms in total. The van der Waals surface area contributed by atoms with E-state index in [0.29, 0.717) is 23.6 Å². The van der Waals surface area contributed by atoms with Crippen LogP contribution in [0.1, 0.15) is 26.3 Å². The molecule has 29 heavy (non-hydrogen) atoms. The van der Waals surface area contributed by atoms with E-state index in [2.05, 4.69) is 10.3 Å². The normalized spacial score (nSPS) is 10.3. The number of rotatable bonds is 7. The fourth-order valence-electron chi connectivity index (χ4n) is 2.81. The topological polar surface area (TPSA) is 91.7 Å². The molecule has 0 bridgehead atoms. The minimum atomic E-state index is -0.600. The van der Waals surface area contributed by atoms with Crippen LogP contribution in [0.15, 0.2) is 55.1 Å². The van der Waals surface area contributed by atoms with Gasteiger partial charge in [-0.2, -0.15) is 0 Å². The molecule has 0 saturated heterocycles. The van der Waals surface area contributed by atoms with Crippen LogP contribution in [0.4, 0.5) is 5.69 Å². The van der Waals surface area contributed by atoms with Crippen molar-refractivity contribution in [3.63, 3.8) is 0 Å². The third kappa shape index (κ3) is 4.55. The molecule has 1 heterocycles. The number of carbonyl (C=O) groups excluding carboxylic acids is 2. The Hall–Kier alpha value is -3.81. The summed E-state index contributed by atoms with van der Waals surface area (Å²) in [6.45, 7) is 0.657. The highest BCUT2D eigenvalue weighted by molar-refractivity contribution is 6.08. The molecule has 1 amide bonds. The molecule has 0 fully saturated rings. The Balaban J connectivity index is 1.83. The molecule has 0 saturated carbocycles. The van der Waals surface area contributed by atoms with Crippen molar-refractivity contribution < 1.29 is 23.8 Å². The van der Waals surface area contributed by atoms with Gasteiger partial charge in [-0.1, -0.05) is 12.1 Å². The summed E-state index contributed by atoms with van der Waals surface area (Å²) < 4.78 is 17.2. The van der Waals surface area contributed by atoms with Crippen LogP contribution in [-0.4, -0.2) is 42.8 Å². The molecule has 0 spiro atoms. The van der Waals surface area contributed by atoms with Crippen LogP contribution < -0.4 is 14.8 Å². The molecule has 3 rings (SSSR count). The summed E-state index contributed by atoms with van der Waals surface area (Å²) in [6, 6.07) is 10.2. The van der Waals surface area contributed by atoms with E-state index in [1.165, 1.54) is 33.5 Å². The summed E-state index contributed by atoms with van der Waals surface area (Å²) in [7, 11) is 4.20. The number of esters is 1. The number of anilines is 1. The van der Waals surface area contributed by atoms with Gasteiger partial charge < -0.3 is 24.1 Å². The predicted octanol–water partition coefficient (Wildman–Crippen LogP) is 2.99. The number of benzene rings is 2. The van der Waals surface area contributed by atoms with Crippen LogP contribution >= 0.6 is 0 Å². The molecule has 1 aromatic heterocycles. The number of amides is 1. The van der Waals surface area contributed by atoms with Gasteiger partial charge in [0.05, 0.1) is 38.9 Å². The maximum atomic E-state index is 12.7. The zero-order valence-electron chi connectivity index (χ0n) is 16.3. The zero-order valence-corrected chi connectivity index (χ0v) is 16.3. The summed E-state index contributed by atoms with van der Waals surface area (Å²) >= 11 is 0. The largest absolute Gasteiger partial charge is 0.493 e. The number of methoxy groups -OCH3 is 3. The number of imidazole rings is 1. The third-order valence-corrected chi connectivity index (χ3v) is 4.32. The smallest absolute Gasteiger partial charge is 0.340 e. The van der Waals surface area contributed by atoms with E-state index >= 15 is 0 Å². The van der Waals surface area contributed by atoms with Gasteiger partial charge in [0, 0.05) is 36.6 Å². The summed E-state index contributed by atoms with van der Waals surface area (Å²) in [5.74, 6) is -0.227. The lowest BCUT2D eigenvalue weighted by Gasteiger charge is -2.14. The van der Waals surface area contributed by atoms with Gasteiger partial charge in [0.15, 0.2) is 11.5 Å². The minimum Gasteiger partial charge on any atom is -0.493 e. The Kier molecular flexibility index (Phi) is 6.13. The number of aromatic nitrogens is 2. The fourth-order valence-corrected chi connectivity index (χ4v) is 2.81. The van der Waals surface area contributed by atoms with E-state index < -0.39 is 5.97 Å². The first kappa shape index (κ1) is 19.9. The summed E-state index contributed by atoms with van der Waals surface area (Å²) in [5, 5.41) is 2.74. The van der Waals surface area contributed by atoms with E-state index in [9.17, 15) is 9.59 Å². The van der Waals surface area contributed by atoms with Crippen molar-refractivity contribution in [3.8, 4) is 11.5 Å². The zero-order chi connectivity index (χ0) is 20.8. The first-order valence-corrected chi connectivity index (χ1v) is 8.76. The molecule has 3 aromatic rings. The fraction of sp³-hybridized carbons (Fsp3) is 0.190. The first-order valence-electron chi connectivity index (χ1n) is 8.76. The Morgan fingerprint density at radius 1 is 1.03 bits per heavy atom. The van der Waals surface area contributed by atoms with Crippen molar-refractivity contribution >= 4 is 17.6 Å².